The van der Waals surface area contributed by atoms with E-state index in [0.717, 1.165) is 31.7 Å². The minimum atomic E-state index is 0.188. The lowest BCUT2D eigenvalue weighted by molar-refractivity contribution is -0.132. The lowest BCUT2D eigenvalue weighted by Crippen LogP contribution is -2.41. The first-order valence-corrected chi connectivity index (χ1v) is 6.67. The largest absolute Gasteiger partial charge is 0.469 e. The fourth-order valence-electron chi connectivity index (χ4n) is 2.26. The van der Waals surface area contributed by atoms with E-state index >= 15 is 0 Å². The molecule has 1 amide bonds. The Morgan fingerprint density at radius 1 is 1.50 bits per heavy atom. The predicted molar refractivity (Wildman–Crippen MR) is 73.1 cm³/mol. The van der Waals surface area contributed by atoms with E-state index in [0.29, 0.717) is 23.7 Å². The average Bonchev–Trinajstić information content (AvgIpc) is 2.89. The zero-order chi connectivity index (χ0) is 13.0. The molecule has 18 heavy (non-hydrogen) atoms. The van der Waals surface area contributed by atoms with Crippen LogP contribution in [0.3, 0.4) is 0 Å². The molecule has 0 unspecified atom stereocenters. The highest BCUT2D eigenvalue weighted by atomic mass is 32.1. The number of nitrogens with two attached hydrogens (primary N) is 1. The van der Waals surface area contributed by atoms with Crippen LogP contribution in [-0.2, 0) is 11.2 Å². The van der Waals surface area contributed by atoms with E-state index in [1.165, 1.54) is 0 Å². The third-order valence-corrected chi connectivity index (χ3v) is 3.75. The molecule has 1 aliphatic rings. The quantitative estimate of drug-likeness (QED) is 0.843. The number of rotatable bonds is 4. The minimum Gasteiger partial charge on any atom is -0.469 e. The number of piperidine rings is 1. The first kappa shape index (κ1) is 13.1. The number of furan rings is 1. The molecule has 1 aliphatic heterocycles. The van der Waals surface area contributed by atoms with Gasteiger partial charge in [0, 0.05) is 31.8 Å². The molecule has 1 saturated heterocycles. The SMILES string of the molecule is NC(=S)C1CCN(C(=O)CCc2ccco2)CC1. The molecule has 0 atom stereocenters. The number of amides is 1. The van der Waals surface area contributed by atoms with Crippen molar-refractivity contribution in [1.82, 2.24) is 4.90 Å². The van der Waals surface area contributed by atoms with Gasteiger partial charge in [0.1, 0.15) is 5.76 Å². The number of likely N-dealkylation sites (tertiary alicyclic amines) is 1. The van der Waals surface area contributed by atoms with Crippen LogP contribution in [0.5, 0.6) is 0 Å². The summed E-state index contributed by atoms with van der Waals surface area (Å²) in [6.07, 6.45) is 4.59. The second-order valence-electron chi connectivity index (χ2n) is 4.64. The first-order valence-electron chi connectivity index (χ1n) is 6.26. The van der Waals surface area contributed by atoms with Gasteiger partial charge in [-0.2, -0.15) is 0 Å². The van der Waals surface area contributed by atoms with E-state index in [1.54, 1.807) is 6.26 Å². The normalized spacial score (nSPS) is 16.8. The summed E-state index contributed by atoms with van der Waals surface area (Å²) in [6, 6.07) is 3.74. The monoisotopic (exact) mass is 266 g/mol. The smallest absolute Gasteiger partial charge is 0.223 e. The number of carbonyl (C=O) groups is 1. The van der Waals surface area contributed by atoms with Crippen LogP contribution in [0.1, 0.15) is 25.0 Å². The van der Waals surface area contributed by atoms with Crippen molar-refractivity contribution >= 4 is 23.1 Å². The van der Waals surface area contributed by atoms with Crippen molar-refractivity contribution in [1.29, 1.82) is 0 Å². The molecule has 2 N–H and O–H groups in total. The Kier molecular flexibility index (Phi) is 4.36. The summed E-state index contributed by atoms with van der Waals surface area (Å²) in [4.78, 5) is 14.5. The lowest BCUT2D eigenvalue weighted by atomic mass is 9.96. The molecule has 0 bridgehead atoms. The van der Waals surface area contributed by atoms with Crippen molar-refractivity contribution in [2.75, 3.05) is 13.1 Å². The molecule has 4 nitrogen and oxygen atoms in total. The van der Waals surface area contributed by atoms with Crippen LogP contribution < -0.4 is 5.73 Å². The fourth-order valence-corrected chi connectivity index (χ4v) is 2.49. The van der Waals surface area contributed by atoms with Gasteiger partial charge in [-0.05, 0) is 25.0 Å². The van der Waals surface area contributed by atoms with Crippen LogP contribution in [-0.4, -0.2) is 28.9 Å². The number of aryl methyl sites for hydroxylation is 1. The van der Waals surface area contributed by atoms with Crippen molar-refractivity contribution < 1.29 is 9.21 Å². The molecule has 98 valence electrons. The van der Waals surface area contributed by atoms with Crippen molar-refractivity contribution in [3.8, 4) is 0 Å². The van der Waals surface area contributed by atoms with Crippen molar-refractivity contribution in [3.63, 3.8) is 0 Å². The number of hydrogen-bond donors (Lipinski definition) is 1. The van der Waals surface area contributed by atoms with Crippen LogP contribution in [0.2, 0.25) is 0 Å². The summed E-state index contributed by atoms with van der Waals surface area (Å²) >= 11 is 4.99. The van der Waals surface area contributed by atoms with Gasteiger partial charge in [-0.3, -0.25) is 4.79 Å². The third kappa shape index (κ3) is 3.32. The fraction of sp³-hybridized carbons (Fsp3) is 0.538. The van der Waals surface area contributed by atoms with E-state index in [9.17, 15) is 4.79 Å². The Hall–Kier alpha value is -1.36. The van der Waals surface area contributed by atoms with Crippen molar-refractivity contribution in [3.05, 3.63) is 24.2 Å². The predicted octanol–water partition coefficient (Wildman–Crippen LogP) is 1.74. The van der Waals surface area contributed by atoms with E-state index in [1.807, 2.05) is 17.0 Å². The summed E-state index contributed by atoms with van der Waals surface area (Å²) in [7, 11) is 0. The highest BCUT2D eigenvalue weighted by Crippen LogP contribution is 2.18. The summed E-state index contributed by atoms with van der Waals surface area (Å²) < 4.78 is 5.22. The maximum atomic E-state index is 12.0. The van der Waals surface area contributed by atoms with E-state index in [2.05, 4.69) is 0 Å². The summed E-state index contributed by atoms with van der Waals surface area (Å²) in [5.74, 6) is 1.35. The first-order chi connectivity index (χ1) is 8.66. The second kappa shape index (κ2) is 6.00. The van der Waals surface area contributed by atoms with Crippen LogP contribution in [0.4, 0.5) is 0 Å². The Balaban J connectivity index is 1.75. The van der Waals surface area contributed by atoms with Crippen LogP contribution in [0.25, 0.3) is 0 Å². The Labute approximate surface area is 112 Å². The zero-order valence-corrected chi connectivity index (χ0v) is 11.1. The van der Waals surface area contributed by atoms with Gasteiger partial charge in [-0.15, -0.1) is 0 Å². The Morgan fingerprint density at radius 2 is 2.22 bits per heavy atom. The second-order valence-corrected chi connectivity index (χ2v) is 5.11. The van der Waals surface area contributed by atoms with Crippen molar-refractivity contribution in [2.45, 2.75) is 25.7 Å². The summed E-state index contributed by atoms with van der Waals surface area (Å²) in [5, 5.41) is 0. The molecule has 1 fully saturated rings. The third-order valence-electron chi connectivity index (χ3n) is 3.42. The molecule has 2 heterocycles. The van der Waals surface area contributed by atoms with Crippen LogP contribution >= 0.6 is 12.2 Å². The molecule has 2 rings (SSSR count). The topological polar surface area (TPSA) is 59.5 Å². The molecule has 0 aromatic carbocycles. The summed E-state index contributed by atoms with van der Waals surface area (Å²) in [5.41, 5.74) is 5.63. The maximum Gasteiger partial charge on any atom is 0.223 e. The molecular weight excluding hydrogens is 248 g/mol. The van der Waals surface area contributed by atoms with Gasteiger partial charge in [0.15, 0.2) is 0 Å². The maximum absolute atomic E-state index is 12.0. The van der Waals surface area contributed by atoms with Crippen molar-refractivity contribution in [2.24, 2.45) is 11.7 Å². The standard InChI is InChI=1S/C13H18N2O2S/c14-13(18)10-5-7-15(8-6-10)12(16)4-3-11-2-1-9-17-11/h1-2,9-10H,3-8H2,(H2,14,18). The molecule has 1 aromatic rings. The van der Waals surface area contributed by atoms with E-state index in [4.69, 9.17) is 22.4 Å². The Morgan fingerprint density at radius 3 is 2.78 bits per heavy atom. The van der Waals surface area contributed by atoms with Gasteiger partial charge < -0.3 is 15.1 Å². The van der Waals surface area contributed by atoms with Gasteiger partial charge in [0.2, 0.25) is 5.91 Å². The number of carbonyl (C=O) groups excluding carboxylic acids is 1. The van der Waals surface area contributed by atoms with Gasteiger partial charge in [0.25, 0.3) is 0 Å². The molecule has 0 saturated carbocycles. The molecule has 1 aromatic heterocycles. The Bertz CT molecular complexity index is 409. The highest BCUT2D eigenvalue weighted by Gasteiger charge is 2.23. The van der Waals surface area contributed by atoms with Gasteiger partial charge in [0.05, 0.1) is 11.3 Å². The number of thiocarbonyl (C=S) groups is 1. The minimum absolute atomic E-state index is 0.188. The highest BCUT2D eigenvalue weighted by molar-refractivity contribution is 7.80. The van der Waals surface area contributed by atoms with Gasteiger partial charge in [-0.25, -0.2) is 0 Å². The van der Waals surface area contributed by atoms with Crippen LogP contribution in [0, 0.1) is 5.92 Å². The zero-order valence-electron chi connectivity index (χ0n) is 10.3. The molecule has 0 radical (unpaired) electrons. The molecule has 0 spiro atoms. The van der Waals surface area contributed by atoms with E-state index < -0.39 is 0 Å². The molecular formula is C13H18N2O2S. The number of hydrogen-bond acceptors (Lipinski definition) is 3. The average molecular weight is 266 g/mol. The number of nitrogens with zero attached hydrogens (tertiary/aromatic N) is 1. The van der Waals surface area contributed by atoms with Crippen LogP contribution in [0.15, 0.2) is 22.8 Å². The van der Waals surface area contributed by atoms with Gasteiger partial charge >= 0.3 is 0 Å². The summed E-state index contributed by atoms with van der Waals surface area (Å²) in [6.45, 7) is 1.53. The van der Waals surface area contributed by atoms with Gasteiger partial charge in [-0.1, -0.05) is 12.2 Å². The molecule has 0 aliphatic carbocycles. The lowest BCUT2D eigenvalue weighted by Gasteiger charge is -2.31. The van der Waals surface area contributed by atoms with E-state index in [-0.39, 0.29) is 5.91 Å². The molecule has 5 heteroatoms.